The maximum Gasteiger partial charge on any atom is 0.242 e. The molecule has 0 spiro atoms. The van der Waals surface area contributed by atoms with E-state index < -0.39 is 10.0 Å². The van der Waals surface area contributed by atoms with Crippen LogP contribution in [0.4, 0.5) is 0 Å². The monoisotopic (exact) mass is 322 g/mol. The summed E-state index contributed by atoms with van der Waals surface area (Å²) in [6.07, 6.45) is 2.04. The number of hydrogen-bond donors (Lipinski definition) is 2. The zero-order chi connectivity index (χ0) is 16.3. The fraction of sp³-hybridized carbons (Fsp3) is 0.438. The highest BCUT2D eigenvalue weighted by atomic mass is 32.2. The van der Waals surface area contributed by atoms with Gasteiger partial charge in [0.2, 0.25) is 10.0 Å². The van der Waals surface area contributed by atoms with Crippen LogP contribution >= 0.6 is 0 Å². The van der Waals surface area contributed by atoms with E-state index in [2.05, 4.69) is 9.71 Å². The Kier molecular flexibility index (Phi) is 5.16. The smallest absolute Gasteiger partial charge is 0.242 e. The lowest BCUT2D eigenvalue weighted by atomic mass is 10.0. The van der Waals surface area contributed by atoms with Crippen molar-refractivity contribution in [2.24, 2.45) is 5.92 Å². The summed E-state index contributed by atoms with van der Waals surface area (Å²) in [7, 11) is -3.69. The number of para-hydroxylation sites is 1. The molecule has 2 rings (SSSR count). The molecule has 0 aliphatic rings. The van der Waals surface area contributed by atoms with Crippen molar-refractivity contribution in [3.05, 3.63) is 36.0 Å². The van der Waals surface area contributed by atoms with Crippen LogP contribution in [0.1, 0.15) is 25.8 Å². The molecular weight excluding hydrogens is 300 g/mol. The van der Waals surface area contributed by atoms with Crippen LogP contribution in [0.25, 0.3) is 10.9 Å². The van der Waals surface area contributed by atoms with E-state index in [0.29, 0.717) is 11.9 Å². The van der Waals surface area contributed by atoms with Gasteiger partial charge in [0.15, 0.2) is 0 Å². The van der Waals surface area contributed by atoms with Gasteiger partial charge in [-0.25, -0.2) is 13.1 Å². The number of sulfonamides is 1. The molecule has 5 nitrogen and oxygen atoms in total. The number of aryl methyl sites for hydroxylation is 1. The van der Waals surface area contributed by atoms with Gasteiger partial charge in [0.1, 0.15) is 4.90 Å². The molecule has 0 aliphatic carbocycles. The Hall–Kier alpha value is -1.50. The summed E-state index contributed by atoms with van der Waals surface area (Å²) in [4.78, 5) is 4.45. The number of fused-ring (bicyclic) bond motifs is 1. The SMILES string of the molecule is Cc1cnc2c(S(=O)(=O)NC(CCO)C(C)C)cccc2c1. The lowest BCUT2D eigenvalue weighted by Gasteiger charge is -2.21. The predicted molar refractivity (Wildman–Crippen MR) is 87.1 cm³/mol. The minimum Gasteiger partial charge on any atom is -0.396 e. The van der Waals surface area contributed by atoms with E-state index in [1.165, 1.54) is 0 Å². The van der Waals surface area contributed by atoms with E-state index in [0.717, 1.165) is 10.9 Å². The largest absolute Gasteiger partial charge is 0.396 e. The molecule has 120 valence electrons. The van der Waals surface area contributed by atoms with Crippen molar-refractivity contribution in [2.75, 3.05) is 6.61 Å². The molecule has 1 unspecified atom stereocenters. The molecule has 0 fully saturated rings. The number of hydrogen-bond acceptors (Lipinski definition) is 4. The third-order valence-electron chi connectivity index (χ3n) is 3.65. The highest BCUT2D eigenvalue weighted by Gasteiger charge is 2.24. The Balaban J connectivity index is 2.45. The number of nitrogens with one attached hydrogen (secondary N) is 1. The van der Waals surface area contributed by atoms with Gasteiger partial charge in [-0.1, -0.05) is 26.0 Å². The van der Waals surface area contributed by atoms with Crippen LogP contribution in [0.2, 0.25) is 0 Å². The van der Waals surface area contributed by atoms with Crippen molar-refractivity contribution < 1.29 is 13.5 Å². The van der Waals surface area contributed by atoms with Gasteiger partial charge in [-0.15, -0.1) is 0 Å². The van der Waals surface area contributed by atoms with E-state index in [1.54, 1.807) is 18.3 Å². The van der Waals surface area contributed by atoms with E-state index >= 15 is 0 Å². The predicted octanol–water partition coefficient (Wildman–Crippen LogP) is 2.23. The number of aliphatic hydroxyl groups is 1. The topological polar surface area (TPSA) is 79.3 Å². The lowest BCUT2D eigenvalue weighted by Crippen LogP contribution is -2.39. The molecule has 1 atom stereocenters. The second-order valence-corrected chi connectivity index (χ2v) is 7.51. The molecule has 0 amide bonds. The molecule has 22 heavy (non-hydrogen) atoms. The summed E-state index contributed by atoms with van der Waals surface area (Å²) in [5.41, 5.74) is 1.45. The first-order valence-corrected chi connectivity index (χ1v) is 8.82. The van der Waals surface area contributed by atoms with Crippen LogP contribution in [0.3, 0.4) is 0 Å². The average Bonchev–Trinajstić information content (AvgIpc) is 2.45. The van der Waals surface area contributed by atoms with Crippen LogP contribution < -0.4 is 4.72 Å². The molecule has 2 aromatic rings. The number of nitrogens with zero attached hydrogens (tertiary/aromatic N) is 1. The molecule has 0 saturated heterocycles. The van der Waals surface area contributed by atoms with E-state index in [-0.39, 0.29) is 23.5 Å². The Morgan fingerprint density at radius 1 is 1.32 bits per heavy atom. The van der Waals surface area contributed by atoms with Crippen molar-refractivity contribution in [2.45, 2.75) is 38.1 Å². The maximum atomic E-state index is 12.7. The van der Waals surface area contributed by atoms with E-state index in [4.69, 9.17) is 5.11 Å². The second-order valence-electron chi connectivity index (χ2n) is 5.82. The molecular formula is C16H22N2O3S. The van der Waals surface area contributed by atoms with Gasteiger partial charge in [0.05, 0.1) is 5.52 Å². The normalized spacial score (nSPS) is 13.7. The number of benzene rings is 1. The van der Waals surface area contributed by atoms with Gasteiger partial charge in [-0.2, -0.15) is 0 Å². The average molecular weight is 322 g/mol. The summed E-state index contributed by atoms with van der Waals surface area (Å²) in [6.45, 7) is 5.71. The van der Waals surface area contributed by atoms with Crippen LogP contribution in [0.5, 0.6) is 0 Å². The van der Waals surface area contributed by atoms with Crippen molar-refractivity contribution >= 4 is 20.9 Å². The minimum atomic E-state index is -3.69. The summed E-state index contributed by atoms with van der Waals surface area (Å²) < 4.78 is 28.1. The standard InChI is InChI=1S/C16H22N2O3S/c1-11(2)14(7-8-19)18-22(20,21)15-6-4-5-13-9-12(3)10-17-16(13)15/h4-6,9-11,14,18-19H,7-8H2,1-3H3. The molecule has 0 radical (unpaired) electrons. The lowest BCUT2D eigenvalue weighted by molar-refractivity contribution is 0.256. The number of aromatic nitrogens is 1. The summed E-state index contributed by atoms with van der Waals surface area (Å²) in [5.74, 6) is 0.0899. The van der Waals surface area contributed by atoms with Crippen molar-refractivity contribution in [3.63, 3.8) is 0 Å². The summed E-state index contributed by atoms with van der Waals surface area (Å²) in [6, 6.07) is 6.73. The van der Waals surface area contributed by atoms with Crippen LogP contribution in [0.15, 0.2) is 35.4 Å². The Bertz CT molecular complexity index is 757. The molecule has 0 bridgehead atoms. The highest BCUT2D eigenvalue weighted by molar-refractivity contribution is 7.89. The van der Waals surface area contributed by atoms with Crippen molar-refractivity contribution in [1.29, 1.82) is 0 Å². The Labute approximate surface area is 131 Å². The van der Waals surface area contributed by atoms with Crippen molar-refractivity contribution in [3.8, 4) is 0 Å². The van der Waals surface area contributed by atoms with Gasteiger partial charge in [0.25, 0.3) is 0 Å². The summed E-state index contributed by atoms with van der Waals surface area (Å²) >= 11 is 0. The molecule has 1 aromatic heterocycles. The first kappa shape index (κ1) is 16.9. The molecule has 6 heteroatoms. The van der Waals surface area contributed by atoms with Crippen LogP contribution in [-0.2, 0) is 10.0 Å². The van der Waals surface area contributed by atoms with Gasteiger partial charge in [-0.3, -0.25) is 4.98 Å². The van der Waals surface area contributed by atoms with E-state index in [1.807, 2.05) is 32.9 Å². The molecule has 2 N–H and O–H groups in total. The third kappa shape index (κ3) is 3.63. The maximum absolute atomic E-state index is 12.7. The van der Waals surface area contributed by atoms with Gasteiger partial charge in [0, 0.05) is 24.2 Å². The van der Waals surface area contributed by atoms with Crippen molar-refractivity contribution in [1.82, 2.24) is 9.71 Å². The van der Waals surface area contributed by atoms with Gasteiger partial charge < -0.3 is 5.11 Å². The van der Waals surface area contributed by atoms with E-state index in [9.17, 15) is 8.42 Å². The van der Waals surface area contributed by atoms with Gasteiger partial charge >= 0.3 is 0 Å². The van der Waals surface area contributed by atoms with Gasteiger partial charge in [-0.05, 0) is 37.0 Å². The first-order chi connectivity index (χ1) is 10.3. The number of rotatable bonds is 6. The molecule has 0 aliphatic heterocycles. The zero-order valence-electron chi connectivity index (χ0n) is 13.1. The molecule has 0 saturated carbocycles. The fourth-order valence-electron chi connectivity index (χ4n) is 2.39. The quantitative estimate of drug-likeness (QED) is 0.855. The number of aliphatic hydroxyl groups excluding tert-OH is 1. The zero-order valence-corrected chi connectivity index (χ0v) is 13.9. The third-order valence-corrected chi connectivity index (χ3v) is 5.17. The second kappa shape index (κ2) is 6.73. The Morgan fingerprint density at radius 2 is 2.05 bits per heavy atom. The van der Waals surface area contributed by atoms with Crippen LogP contribution in [-0.4, -0.2) is 31.2 Å². The number of pyridine rings is 1. The molecule has 1 heterocycles. The fourth-order valence-corrected chi connectivity index (χ4v) is 3.99. The highest BCUT2D eigenvalue weighted by Crippen LogP contribution is 2.22. The molecule has 1 aromatic carbocycles. The summed E-state index contributed by atoms with van der Waals surface area (Å²) in [5, 5.41) is 9.91. The minimum absolute atomic E-state index is 0.0572. The first-order valence-electron chi connectivity index (χ1n) is 7.33. The van der Waals surface area contributed by atoms with Crippen LogP contribution in [0, 0.1) is 12.8 Å². The Morgan fingerprint density at radius 3 is 2.68 bits per heavy atom.